The highest BCUT2D eigenvalue weighted by molar-refractivity contribution is 9.10. The Morgan fingerprint density at radius 1 is 1.21 bits per heavy atom. The van der Waals surface area contributed by atoms with E-state index in [1.807, 2.05) is 43.3 Å². The Morgan fingerprint density at radius 2 is 1.95 bits per heavy atom. The van der Waals surface area contributed by atoms with Crippen LogP contribution in [0.15, 0.2) is 46.9 Å². The number of anilines is 1. The van der Waals surface area contributed by atoms with Crippen LogP contribution in [0.2, 0.25) is 0 Å². The van der Waals surface area contributed by atoms with Crippen LogP contribution in [0.5, 0.6) is 0 Å². The van der Waals surface area contributed by atoms with E-state index in [9.17, 15) is 4.79 Å². The van der Waals surface area contributed by atoms with Gasteiger partial charge in [0.05, 0.1) is 5.56 Å². The lowest BCUT2D eigenvalue weighted by Gasteiger charge is -2.11. The molecule has 2 aromatic carbocycles. The molecule has 0 unspecified atom stereocenters. The molecule has 0 aliphatic rings. The summed E-state index contributed by atoms with van der Waals surface area (Å²) in [6.07, 6.45) is 0. The van der Waals surface area contributed by atoms with E-state index >= 15 is 0 Å². The van der Waals surface area contributed by atoms with Crippen molar-refractivity contribution >= 4 is 39.1 Å². The molecule has 0 atom stereocenters. The molecule has 0 radical (unpaired) electrons. The average Bonchev–Trinajstić information content (AvgIpc) is 2.42. The molecule has 2 rings (SSSR count). The molecule has 1 amide bonds. The van der Waals surface area contributed by atoms with Crippen molar-refractivity contribution in [2.24, 2.45) is 0 Å². The van der Waals surface area contributed by atoms with Crippen LogP contribution in [-0.4, -0.2) is 5.91 Å². The molecule has 0 spiro atoms. The minimum absolute atomic E-state index is 0.145. The molecular formula is C15H13BrClNO. The summed E-state index contributed by atoms with van der Waals surface area (Å²) in [4.78, 5) is 12.3. The van der Waals surface area contributed by atoms with Crippen LogP contribution >= 0.6 is 27.5 Å². The first-order valence-electron chi connectivity index (χ1n) is 5.84. The predicted molar refractivity (Wildman–Crippen MR) is 82.8 cm³/mol. The lowest BCUT2D eigenvalue weighted by atomic mass is 10.1. The van der Waals surface area contributed by atoms with Crippen LogP contribution < -0.4 is 5.32 Å². The number of hydrogen-bond acceptors (Lipinski definition) is 1. The Labute approximate surface area is 125 Å². The molecule has 19 heavy (non-hydrogen) atoms. The Balaban J connectivity index is 2.28. The van der Waals surface area contributed by atoms with Crippen molar-refractivity contribution in [2.45, 2.75) is 12.8 Å². The van der Waals surface area contributed by atoms with Gasteiger partial charge < -0.3 is 5.32 Å². The van der Waals surface area contributed by atoms with E-state index in [0.717, 1.165) is 21.3 Å². The van der Waals surface area contributed by atoms with E-state index in [4.69, 9.17) is 11.6 Å². The van der Waals surface area contributed by atoms with Gasteiger partial charge in [-0.3, -0.25) is 4.79 Å². The van der Waals surface area contributed by atoms with Gasteiger partial charge in [-0.2, -0.15) is 0 Å². The minimum atomic E-state index is -0.145. The van der Waals surface area contributed by atoms with E-state index in [-0.39, 0.29) is 5.91 Å². The first-order chi connectivity index (χ1) is 9.13. The fourth-order valence-corrected chi connectivity index (χ4v) is 2.45. The molecule has 4 heteroatoms. The largest absolute Gasteiger partial charge is 0.322 e. The summed E-state index contributed by atoms with van der Waals surface area (Å²) < 4.78 is 0.816. The molecule has 0 aliphatic heterocycles. The van der Waals surface area contributed by atoms with Gasteiger partial charge in [0.1, 0.15) is 0 Å². The second kappa shape index (κ2) is 6.22. The summed E-state index contributed by atoms with van der Waals surface area (Å²) >= 11 is 9.30. The molecule has 2 nitrogen and oxygen atoms in total. The second-order valence-electron chi connectivity index (χ2n) is 4.18. The van der Waals surface area contributed by atoms with Gasteiger partial charge >= 0.3 is 0 Å². The SMILES string of the molecule is Cc1cccc(C(=O)Nc2ccccc2CCl)c1Br. The molecule has 98 valence electrons. The van der Waals surface area contributed by atoms with Crippen molar-refractivity contribution in [3.63, 3.8) is 0 Å². The number of rotatable bonds is 3. The van der Waals surface area contributed by atoms with Gasteiger partial charge in [0.2, 0.25) is 0 Å². The molecule has 0 heterocycles. The lowest BCUT2D eigenvalue weighted by molar-refractivity contribution is 0.102. The van der Waals surface area contributed by atoms with E-state index in [1.54, 1.807) is 6.07 Å². The molecule has 0 aromatic heterocycles. The lowest BCUT2D eigenvalue weighted by Crippen LogP contribution is -2.14. The Bertz CT molecular complexity index is 613. The normalized spacial score (nSPS) is 10.3. The zero-order valence-electron chi connectivity index (χ0n) is 10.4. The highest BCUT2D eigenvalue weighted by Gasteiger charge is 2.12. The highest BCUT2D eigenvalue weighted by Crippen LogP contribution is 2.23. The molecule has 0 saturated carbocycles. The summed E-state index contributed by atoms with van der Waals surface area (Å²) in [6, 6.07) is 13.1. The number of hydrogen-bond donors (Lipinski definition) is 1. The van der Waals surface area contributed by atoms with Crippen LogP contribution in [0.25, 0.3) is 0 Å². The Morgan fingerprint density at radius 3 is 2.68 bits per heavy atom. The monoisotopic (exact) mass is 337 g/mol. The first-order valence-corrected chi connectivity index (χ1v) is 7.16. The quantitative estimate of drug-likeness (QED) is 0.804. The zero-order chi connectivity index (χ0) is 13.8. The van der Waals surface area contributed by atoms with Crippen LogP contribution in [0, 0.1) is 6.92 Å². The molecule has 2 aromatic rings. The summed E-state index contributed by atoms with van der Waals surface area (Å²) in [5.74, 6) is 0.221. The molecule has 0 bridgehead atoms. The van der Waals surface area contributed by atoms with Crippen LogP contribution in [0.3, 0.4) is 0 Å². The number of carbonyl (C=O) groups is 1. The minimum Gasteiger partial charge on any atom is -0.322 e. The number of amides is 1. The van der Waals surface area contributed by atoms with Gasteiger partial charge in [-0.25, -0.2) is 0 Å². The molecule has 0 saturated heterocycles. The van der Waals surface area contributed by atoms with E-state index in [0.29, 0.717) is 11.4 Å². The topological polar surface area (TPSA) is 29.1 Å². The average molecular weight is 339 g/mol. The van der Waals surface area contributed by atoms with Gasteiger partial charge in [0, 0.05) is 16.0 Å². The third kappa shape index (κ3) is 3.17. The number of benzene rings is 2. The second-order valence-corrected chi connectivity index (χ2v) is 5.24. The number of nitrogens with one attached hydrogen (secondary N) is 1. The molecular weight excluding hydrogens is 326 g/mol. The summed E-state index contributed by atoms with van der Waals surface area (Å²) in [7, 11) is 0. The summed E-state index contributed by atoms with van der Waals surface area (Å²) in [6.45, 7) is 1.95. The van der Waals surface area contributed by atoms with Gasteiger partial charge in [-0.05, 0) is 46.1 Å². The zero-order valence-corrected chi connectivity index (χ0v) is 12.8. The number of halogens is 2. The van der Waals surface area contributed by atoms with E-state index < -0.39 is 0 Å². The first kappa shape index (κ1) is 14.1. The summed E-state index contributed by atoms with van der Waals surface area (Å²) in [5.41, 5.74) is 3.29. The highest BCUT2D eigenvalue weighted by atomic mass is 79.9. The van der Waals surface area contributed by atoms with Crippen molar-refractivity contribution < 1.29 is 4.79 Å². The predicted octanol–water partition coefficient (Wildman–Crippen LogP) is 4.75. The smallest absolute Gasteiger partial charge is 0.256 e. The van der Waals surface area contributed by atoms with Gasteiger partial charge in [0.15, 0.2) is 0 Å². The Hall–Kier alpha value is -1.32. The fraction of sp³-hybridized carbons (Fsp3) is 0.133. The van der Waals surface area contributed by atoms with Crippen molar-refractivity contribution in [1.29, 1.82) is 0 Å². The van der Waals surface area contributed by atoms with Crippen LogP contribution in [-0.2, 0) is 5.88 Å². The van der Waals surface area contributed by atoms with E-state index in [2.05, 4.69) is 21.2 Å². The van der Waals surface area contributed by atoms with E-state index in [1.165, 1.54) is 0 Å². The molecule has 0 aliphatic carbocycles. The number of para-hydroxylation sites is 1. The van der Waals surface area contributed by atoms with Gasteiger partial charge in [0.25, 0.3) is 5.91 Å². The summed E-state index contributed by atoms with van der Waals surface area (Å²) in [5, 5.41) is 2.89. The molecule has 1 N–H and O–H groups in total. The number of aryl methyl sites for hydroxylation is 1. The van der Waals surface area contributed by atoms with Crippen LogP contribution in [0.1, 0.15) is 21.5 Å². The van der Waals surface area contributed by atoms with Crippen molar-refractivity contribution in [1.82, 2.24) is 0 Å². The maximum absolute atomic E-state index is 12.3. The third-order valence-corrected chi connectivity index (χ3v) is 4.19. The van der Waals surface area contributed by atoms with Crippen molar-refractivity contribution in [2.75, 3.05) is 5.32 Å². The Kier molecular flexibility index (Phi) is 4.61. The number of carbonyl (C=O) groups excluding carboxylic acids is 1. The fourth-order valence-electron chi connectivity index (χ4n) is 1.77. The third-order valence-electron chi connectivity index (χ3n) is 2.85. The van der Waals surface area contributed by atoms with Crippen LogP contribution in [0.4, 0.5) is 5.69 Å². The molecule has 0 fully saturated rings. The maximum Gasteiger partial charge on any atom is 0.256 e. The number of alkyl halides is 1. The van der Waals surface area contributed by atoms with Crippen molar-refractivity contribution in [3.8, 4) is 0 Å². The maximum atomic E-state index is 12.3. The van der Waals surface area contributed by atoms with Gasteiger partial charge in [-0.1, -0.05) is 30.3 Å². The van der Waals surface area contributed by atoms with Crippen molar-refractivity contribution in [3.05, 3.63) is 63.6 Å². The van der Waals surface area contributed by atoms with Gasteiger partial charge in [-0.15, -0.1) is 11.6 Å². The standard InChI is InChI=1S/C15H13BrClNO/c1-10-5-4-7-12(14(10)16)15(19)18-13-8-3-2-6-11(13)9-17/h2-8H,9H2,1H3,(H,18,19).